The summed E-state index contributed by atoms with van der Waals surface area (Å²) >= 11 is 0. The summed E-state index contributed by atoms with van der Waals surface area (Å²) in [5.74, 6) is 0.465. The first-order chi connectivity index (χ1) is 14.8. The molecule has 4 rings (SSSR count). The van der Waals surface area contributed by atoms with Crippen LogP contribution in [0.5, 0.6) is 0 Å². The summed E-state index contributed by atoms with van der Waals surface area (Å²) < 4.78 is 0. The Labute approximate surface area is 177 Å². The van der Waals surface area contributed by atoms with Crippen molar-refractivity contribution in [1.29, 1.82) is 0 Å². The summed E-state index contributed by atoms with van der Waals surface area (Å²) in [5, 5.41) is 5.13. The van der Waals surface area contributed by atoms with E-state index >= 15 is 0 Å². The highest BCUT2D eigenvalue weighted by atomic mass is 16.2. The third-order valence-corrected chi connectivity index (χ3v) is 5.75. The molecule has 154 valence electrons. The van der Waals surface area contributed by atoms with E-state index in [1.165, 1.54) is 18.4 Å². The highest BCUT2D eigenvalue weighted by molar-refractivity contribution is 5.94. The number of carbonyl (C=O) groups is 1. The smallest absolute Gasteiger partial charge is 0.289 e. The summed E-state index contributed by atoms with van der Waals surface area (Å²) in [5.41, 5.74) is 5.18. The summed E-state index contributed by atoms with van der Waals surface area (Å²) in [6.07, 6.45) is 6.28. The predicted octanol–water partition coefficient (Wildman–Crippen LogP) is 4.64. The Morgan fingerprint density at radius 3 is 2.63 bits per heavy atom. The van der Waals surface area contributed by atoms with Crippen molar-refractivity contribution in [2.24, 2.45) is 11.0 Å². The minimum absolute atomic E-state index is 0.272. The molecule has 5 nitrogen and oxygen atoms in total. The number of pyridine rings is 1. The zero-order chi connectivity index (χ0) is 20.6. The summed E-state index contributed by atoms with van der Waals surface area (Å²) in [6, 6.07) is 22.1. The number of rotatable bonds is 7. The Balaban J connectivity index is 1.16. The zero-order valence-corrected chi connectivity index (χ0v) is 17.2. The molecule has 3 aromatic rings. The van der Waals surface area contributed by atoms with Crippen LogP contribution in [-0.2, 0) is 6.54 Å². The third kappa shape index (κ3) is 5.51. The number of carbonyl (C=O) groups excluding carboxylic acids is 1. The molecule has 0 unspecified atom stereocenters. The number of aromatic nitrogens is 1. The number of benzene rings is 2. The van der Waals surface area contributed by atoms with E-state index in [0.29, 0.717) is 5.69 Å². The number of nitrogens with zero attached hydrogens (tertiary/aromatic N) is 3. The van der Waals surface area contributed by atoms with Crippen LogP contribution in [0.15, 0.2) is 71.8 Å². The molecule has 0 spiro atoms. The molecule has 2 heterocycles. The van der Waals surface area contributed by atoms with Crippen LogP contribution >= 0.6 is 0 Å². The minimum Gasteiger partial charge on any atom is -0.299 e. The van der Waals surface area contributed by atoms with E-state index in [4.69, 9.17) is 0 Å². The van der Waals surface area contributed by atoms with Crippen molar-refractivity contribution in [1.82, 2.24) is 15.3 Å². The molecule has 1 aromatic heterocycles. The minimum atomic E-state index is -0.272. The molecule has 1 aliphatic heterocycles. The van der Waals surface area contributed by atoms with Crippen molar-refractivity contribution < 1.29 is 4.79 Å². The predicted molar refractivity (Wildman–Crippen MR) is 121 cm³/mol. The first-order valence-electron chi connectivity index (χ1n) is 10.7. The van der Waals surface area contributed by atoms with Gasteiger partial charge in [-0.25, -0.2) is 10.4 Å². The number of likely N-dealkylation sites (tertiary alicyclic amines) is 1. The van der Waals surface area contributed by atoms with Gasteiger partial charge in [0.2, 0.25) is 0 Å². The number of amides is 1. The van der Waals surface area contributed by atoms with Crippen LogP contribution in [0.25, 0.3) is 10.9 Å². The molecule has 1 aliphatic rings. The van der Waals surface area contributed by atoms with Gasteiger partial charge in [0.1, 0.15) is 5.69 Å². The normalized spacial score (nSPS) is 15.6. The quantitative estimate of drug-likeness (QED) is 0.464. The fraction of sp³-hybridized carbons (Fsp3) is 0.320. The van der Waals surface area contributed by atoms with Gasteiger partial charge in [-0.15, -0.1) is 0 Å². The van der Waals surface area contributed by atoms with Crippen LogP contribution in [0.4, 0.5) is 0 Å². The van der Waals surface area contributed by atoms with Gasteiger partial charge in [-0.05, 0) is 62.4 Å². The van der Waals surface area contributed by atoms with Gasteiger partial charge in [0.05, 0.1) is 5.52 Å². The maximum Gasteiger partial charge on any atom is 0.289 e. The van der Waals surface area contributed by atoms with Crippen molar-refractivity contribution in [2.75, 3.05) is 13.1 Å². The van der Waals surface area contributed by atoms with Gasteiger partial charge in [-0.1, -0.05) is 54.6 Å². The molecule has 0 saturated carbocycles. The van der Waals surface area contributed by atoms with Crippen LogP contribution in [0.3, 0.4) is 0 Å². The average Bonchev–Trinajstić information content (AvgIpc) is 2.80. The number of piperidine rings is 1. The van der Waals surface area contributed by atoms with E-state index in [9.17, 15) is 4.79 Å². The van der Waals surface area contributed by atoms with Crippen molar-refractivity contribution in [3.63, 3.8) is 0 Å². The lowest BCUT2D eigenvalue weighted by Gasteiger charge is -2.31. The van der Waals surface area contributed by atoms with E-state index in [1.54, 1.807) is 6.07 Å². The van der Waals surface area contributed by atoms with Gasteiger partial charge in [-0.3, -0.25) is 9.69 Å². The van der Waals surface area contributed by atoms with Gasteiger partial charge in [0.25, 0.3) is 5.91 Å². The first-order valence-corrected chi connectivity index (χ1v) is 10.7. The van der Waals surface area contributed by atoms with E-state index in [-0.39, 0.29) is 5.91 Å². The zero-order valence-electron chi connectivity index (χ0n) is 17.2. The standard InChI is InChI=1S/C25H28N4O/c30-25(24-13-12-22-10-4-5-11-23(22)27-24)28-26-16-6-9-20-14-17-29(18-15-20)19-21-7-2-1-3-8-21/h1-5,7-8,10-13,16,20H,6,9,14-15,17-19H2,(H,28,30)/b26-16+. The fourth-order valence-electron chi connectivity index (χ4n) is 4.00. The molecule has 0 radical (unpaired) electrons. The molecule has 1 fully saturated rings. The van der Waals surface area contributed by atoms with Gasteiger partial charge >= 0.3 is 0 Å². The summed E-state index contributed by atoms with van der Waals surface area (Å²) in [7, 11) is 0. The Bertz CT molecular complexity index is 994. The topological polar surface area (TPSA) is 57.6 Å². The lowest BCUT2D eigenvalue weighted by molar-refractivity contribution is 0.0950. The molecule has 1 amide bonds. The molecule has 0 bridgehead atoms. The summed E-state index contributed by atoms with van der Waals surface area (Å²) in [6.45, 7) is 3.35. The maximum absolute atomic E-state index is 12.2. The largest absolute Gasteiger partial charge is 0.299 e. The average molecular weight is 401 g/mol. The second-order valence-electron chi connectivity index (χ2n) is 7.92. The first kappa shape index (κ1) is 20.2. The number of para-hydroxylation sites is 1. The molecule has 1 saturated heterocycles. The van der Waals surface area contributed by atoms with Crippen molar-refractivity contribution in [3.8, 4) is 0 Å². The Hall–Kier alpha value is -3.05. The SMILES string of the molecule is O=C(N/N=C/CCC1CCN(Cc2ccccc2)CC1)c1ccc2ccccc2n1. The highest BCUT2D eigenvalue weighted by Gasteiger charge is 2.18. The third-order valence-electron chi connectivity index (χ3n) is 5.75. The van der Waals surface area contributed by atoms with Gasteiger partial charge in [0.15, 0.2) is 0 Å². The van der Waals surface area contributed by atoms with Crippen LogP contribution in [0.1, 0.15) is 41.7 Å². The Morgan fingerprint density at radius 2 is 1.80 bits per heavy atom. The second kappa shape index (κ2) is 10.1. The molecule has 30 heavy (non-hydrogen) atoms. The monoisotopic (exact) mass is 400 g/mol. The molecular weight excluding hydrogens is 372 g/mol. The van der Waals surface area contributed by atoms with Crippen LogP contribution < -0.4 is 5.43 Å². The maximum atomic E-state index is 12.2. The second-order valence-corrected chi connectivity index (χ2v) is 7.92. The number of hydrogen-bond donors (Lipinski definition) is 1. The van der Waals surface area contributed by atoms with Gasteiger partial charge in [0, 0.05) is 18.1 Å². The van der Waals surface area contributed by atoms with E-state index in [0.717, 1.165) is 49.3 Å². The Kier molecular flexibility index (Phi) is 6.83. The number of fused-ring (bicyclic) bond motifs is 1. The van der Waals surface area contributed by atoms with Crippen molar-refractivity contribution in [3.05, 3.63) is 78.0 Å². The molecule has 1 N–H and O–H groups in total. The van der Waals surface area contributed by atoms with Gasteiger partial charge < -0.3 is 0 Å². The van der Waals surface area contributed by atoms with Crippen LogP contribution in [0, 0.1) is 5.92 Å². The fourth-order valence-corrected chi connectivity index (χ4v) is 4.00. The molecule has 0 atom stereocenters. The van der Waals surface area contributed by atoms with Crippen molar-refractivity contribution >= 4 is 23.0 Å². The van der Waals surface area contributed by atoms with E-state index in [1.807, 2.05) is 36.5 Å². The van der Waals surface area contributed by atoms with Gasteiger partial charge in [-0.2, -0.15) is 5.10 Å². The number of nitrogens with one attached hydrogen (secondary N) is 1. The van der Waals surface area contributed by atoms with Crippen LogP contribution in [-0.4, -0.2) is 35.1 Å². The molecular formula is C25H28N4O. The number of hydrazone groups is 1. The Morgan fingerprint density at radius 1 is 1.03 bits per heavy atom. The summed E-state index contributed by atoms with van der Waals surface area (Å²) in [4.78, 5) is 19.2. The number of hydrogen-bond acceptors (Lipinski definition) is 4. The van der Waals surface area contributed by atoms with Crippen LogP contribution in [0.2, 0.25) is 0 Å². The van der Waals surface area contributed by atoms with E-state index in [2.05, 4.69) is 50.7 Å². The van der Waals surface area contributed by atoms with E-state index < -0.39 is 0 Å². The molecule has 5 heteroatoms. The van der Waals surface area contributed by atoms with Crippen molar-refractivity contribution in [2.45, 2.75) is 32.2 Å². The molecule has 2 aromatic carbocycles. The lowest BCUT2D eigenvalue weighted by Crippen LogP contribution is -2.33. The lowest BCUT2D eigenvalue weighted by atomic mass is 9.92. The molecule has 0 aliphatic carbocycles. The highest BCUT2D eigenvalue weighted by Crippen LogP contribution is 2.22.